The van der Waals surface area contributed by atoms with Crippen molar-refractivity contribution >= 4 is 29.4 Å². The molecule has 0 amide bonds. The number of aromatic nitrogens is 2. The molecule has 0 aliphatic carbocycles. The van der Waals surface area contributed by atoms with Crippen LogP contribution >= 0.6 is 11.6 Å². The standard InChI is InChI=1S/C15H15ClF2N4O/c1-8(23)20-14-10(13(16)21-15(19)22-14)4-2-3-9-5-6-11(17)12(18)7-9/h2-3,5-8,23H,4H2,1H3,(H3,19,20,21,22)/b3-2+/t8-/m1/s1. The minimum absolute atomic E-state index is 0.0218. The van der Waals surface area contributed by atoms with Gasteiger partial charge in [-0.3, -0.25) is 0 Å². The molecule has 122 valence electrons. The Bertz CT molecular complexity index is 738. The summed E-state index contributed by atoms with van der Waals surface area (Å²) >= 11 is 6.05. The van der Waals surface area contributed by atoms with Crippen LogP contribution in [-0.2, 0) is 6.42 Å². The van der Waals surface area contributed by atoms with Crippen LogP contribution in [0.5, 0.6) is 0 Å². The van der Waals surface area contributed by atoms with Gasteiger partial charge in [0.15, 0.2) is 11.6 Å². The number of halogens is 3. The highest BCUT2D eigenvalue weighted by atomic mass is 35.5. The van der Waals surface area contributed by atoms with Crippen molar-refractivity contribution in [2.75, 3.05) is 11.1 Å². The monoisotopic (exact) mass is 340 g/mol. The Morgan fingerprint density at radius 2 is 2.09 bits per heavy atom. The van der Waals surface area contributed by atoms with E-state index in [1.165, 1.54) is 13.0 Å². The molecule has 0 unspecified atom stereocenters. The lowest BCUT2D eigenvalue weighted by atomic mass is 10.1. The first kappa shape index (κ1) is 17.1. The van der Waals surface area contributed by atoms with Gasteiger partial charge in [0.05, 0.1) is 0 Å². The lowest BCUT2D eigenvalue weighted by molar-refractivity contribution is 0.224. The van der Waals surface area contributed by atoms with Gasteiger partial charge in [-0.05, 0) is 31.0 Å². The number of hydrogen-bond acceptors (Lipinski definition) is 5. The van der Waals surface area contributed by atoms with Gasteiger partial charge in [-0.1, -0.05) is 29.8 Å². The Kier molecular flexibility index (Phi) is 5.46. The molecule has 8 heteroatoms. The van der Waals surface area contributed by atoms with Gasteiger partial charge < -0.3 is 16.2 Å². The summed E-state index contributed by atoms with van der Waals surface area (Å²) in [6.45, 7) is 1.52. The number of hydrogen-bond donors (Lipinski definition) is 3. The van der Waals surface area contributed by atoms with Crippen LogP contribution in [0.25, 0.3) is 6.08 Å². The van der Waals surface area contributed by atoms with Crippen LogP contribution in [0.4, 0.5) is 20.5 Å². The maximum atomic E-state index is 13.1. The quantitative estimate of drug-likeness (QED) is 0.575. The average molecular weight is 341 g/mol. The second kappa shape index (κ2) is 7.34. The zero-order chi connectivity index (χ0) is 17.0. The third-order valence-electron chi connectivity index (χ3n) is 2.90. The molecule has 4 N–H and O–H groups in total. The van der Waals surface area contributed by atoms with E-state index in [2.05, 4.69) is 15.3 Å². The van der Waals surface area contributed by atoms with Crippen molar-refractivity contribution in [3.63, 3.8) is 0 Å². The van der Waals surface area contributed by atoms with Gasteiger partial charge in [0.1, 0.15) is 17.2 Å². The number of anilines is 2. The van der Waals surface area contributed by atoms with E-state index < -0.39 is 17.9 Å². The summed E-state index contributed by atoms with van der Waals surface area (Å²) in [4.78, 5) is 7.85. The first-order valence-corrected chi connectivity index (χ1v) is 7.12. The molecule has 1 aromatic carbocycles. The van der Waals surface area contributed by atoms with E-state index in [1.807, 2.05) is 0 Å². The lowest BCUT2D eigenvalue weighted by Gasteiger charge is -2.13. The predicted molar refractivity (Wildman–Crippen MR) is 85.9 cm³/mol. The van der Waals surface area contributed by atoms with Gasteiger partial charge in [-0.25, -0.2) is 13.8 Å². The summed E-state index contributed by atoms with van der Waals surface area (Å²) in [5.74, 6) is -1.53. The second-order valence-corrected chi connectivity index (χ2v) is 5.16. The van der Waals surface area contributed by atoms with Crippen LogP contribution in [0.15, 0.2) is 24.3 Å². The van der Waals surface area contributed by atoms with E-state index in [9.17, 15) is 13.9 Å². The zero-order valence-electron chi connectivity index (χ0n) is 12.2. The van der Waals surface area contributed by atoms with E-state index in [0.717, 1.165) is 12.1 Å². The van der Waals surface area contributed by atoms with Gasteiger partial charge in [0.2, 0.25) is 5.95 Å². The molecule has 0 fully saturated rings. The Balaban J connectivity index is 2.22. The predicted octanol–water partition coefficient (Wildman–Crippen LogP) is 3.00. The van der Waals surface area contributed by atoms with Crippen molar-refractivity contribution in [2.45, 2.75) is 19.6 Å². The number of nitrogens with zero attached hydrogens (tertiary/aromatic N) is 2. The first-order valence-electron chi connectivity index (χ1n) is 6.75. The van der Waals surface area contributed by atoms with Gasteiger partial charge in [-0.2, -0.15) is 4.98 Å². The summed E-state index contributed by atoms with van der Waals surface area (Å²) in [5, 5.41) is 12.3. The van der Waals surface area contributed by atoms with Crippen LogP contribution in [0, 0.1) is 11.6 Å². The highest BCUT2D eigenvalue weighted by Gasteiger charge is 2.12. The molecular formula is C15H15ClF2N4O. The molecule has 1 aromatic heterocycles. The van der Waals surface area contributed by atoms with Crippen molar-refractivity contribution < 1.29 is 13.9 Å². The minimum Gasteiger partial charge on any atom is -0.374 e. The normalized spacial score (nSPS) is 12.6. The van der Waals surface area contributed by atoms with Crippen molar-refractivity contribution in [3.8, 4) is 0 Å². The molecule has 0 aliphatic rings. The van der Waals surface area contributed by atoms with Crippen LogP contribution < -0.4 is 11.1 Å². The fourth-order valence-corrected chi connectivity index (χ4v) is 2.15. The van der Waals surface area contributed by atoms with Gasteiger partial charge >= 0.3 is 0 Å². The Morgan fingerprint density at radius 3 is 2.74 bits per heavy atom. The second-order valence-electron chi connectivity index (χ2n) is 4.80. The smallest absolute Gasteiger partial charge is 0.223 e. The molecule has 1 heterocycles. The molecule has 0 bridgehead atoms. The van der Waals surface area contributed by atoms with Crippen molar-refractivity contribution in [3.05, 3.63) is 52.2 Å². The topological polar surface area (TPSA) is 84.1 Å². The molecule has 5 nitrogen and oxygen atoms in total. The Hall–Kier alpha value is -2.25. The number of nitrogens with two attached hydrogens (primary N) is 1. The average Bonchev–Trinajstić information content (AvgIpc) is 2.44. The maximum absolute atomic E-state index is 13.1. The van der Waals surface area contributed by atoms with Gasteiger partial charge in [0, 0.05) is 5.56 Å². The number of aliphatic hydroxyl groups is 1. The minimum atomic E-state index is -0.919. The number of benzene rings is 1. The van der Waals surface area contributed by atoms with Crippen LogP contribution in [0.3, 0.4) is 0 Å². The van der Waals surface area contributed by atoms with E-state index >= 15 is 0 Å². The Labute approximate surface area is 136 Å². The zero-order valence-corrected chi connectivity index (χ0v) is 13.0. The van der Waals surface area contributed by atoms with Crippen molar-refractivity contribution in [1.82, 2.24) is 9.97 Å². The molecule has 0 aliphatic heterocycles. The van der Waals surface area contributed by atoms with Crippen LogP contribution in [0.2, 0.25) is 5.15 Å². The van der Waals surface area contributed by atoms with E-state index in [1.54, 1.807) is 12.2 Å². The van der Waals surface area contributed by atoms with E-state index in [4.69, 9.17) is 17.3 Å². The van der Waals surface area contributed by atoms with Crippen LogP contribution in [0.1, 0.15) is 18.1 Å². The van der Waals surface area contributed by atoms with Gasteiger partial charge in [0.25, 0.3) is 0 Å². The number of nitrogens with one attached hydrogen (secondary N) is 1. The summed E-state index contributed by atoms with van der Waals surface area (Å²) in [5.41, 5.74) is 6.56. The van der Waals surface area contributed by atoms with E-state index in [0.29, 0.717) is 23.4 Å². The molecular weight excluding hydrogens is 326 g/mol. The molecule has 0 spiro atoms. The van der Waals surface area contributed by atoms with Crippen molar-refractivity contribution in [1.29, 1.82) is 0 Å². The summed E-state index contributed by atoms with van der Waals surface area (Å²) in [6, 6.07) is 3.58. The number of aliphatic hydroxyl groups excluding tert-OH is 1. The third kappa shape index (κ3) is 4.61. The highest BCUT2D eigenvalue weighted by Crippen LogP contribution is 2.24. The highest BCUT2D eigenvalue weighted by molar-refractivity contribution is 6.30. The number of allylic oxidation sites excluding steroid dienone is 1. The molecule has 23 heavy (non-hydrogen) atoms. The van der Waals surface area contributed by atoms with Crippen LogP contribution in [-0.4, -0.2) is 21.3 Å². The lowest BCUT2D eigenvalue weighted by Crippen LogP contribution is -2.17. The summed E-state index contributed by atoms with van der Waals surface area (Å²) in [7, 11) is 0. The molecule has 0 radical (unpaired) electrons. The molecule has 0 saturated carbocycles. The summed E-state index contributed by atoms with van der Waals surface area (Å²) < 4.78 is 26.0. The first-order chi connectivity index (χ1) is 10.9. The fraction of sp³-hybridized carbons (Fsp3) is 0.200. The largest absolute Gasteiger partial charge is 0.374 e. The van der Waals surface area contributed by atoms with E-state index in [-0.39, 0.29) is 11.1 Å². The molecule has 2 aromatic rings. The number of nitrogen functional groups attached to an aromatic ring is 1. The fourth-order valence-electron chi connectivity index (χ4n) is 1.90. The molecule has 1 atom stereocenters. The maximum Gasteiger partial charge on any atom is 0.223 e. The van der Waals surface area contributed by atoms with Crippen molar-refractivity contribution in [2.24, 2.45) is 0 Å². The number of rotatable bonds is 5. The SMILES string of the molecule is C[C@@H](O)Nc1nc(N)nc(Cl)c1C/C=C/c1ccc(F)c(F)c1. The summed E-state index contributed by atoms with van der Waals surface area (Å²) in [6.07, 6.45) is 2.77. The van der Waals surface area contributed by atoms with Gasteiger partial charge in [-0.15, -0.1) is 0 Å². The Morgan fingerprint density at radius 1 is 1.35 bits per heavy atom. The molecule has 0 saturated heterocycles. The molecule has 2 rings (SSSR count). The third-order valence-corrected chi connectivity index (χ3v) is 3.21.